The van der Waals surface area contributed by atoms with Crippen molar-refractivity contribution < 1.29 is 9.13 Å². The van der Waals surface area contributed by atoms with Crippen LogP contribution in [0.5, 0.6) is 11.6 Å². The smallest absolute Gasteiger partial charge is 0.242 e. The highest BCUT2D eigenvalue weighted by molar-refractivity contribution is 6.17. The van der Waals surface area contributed by atoms with Crippen LogP contribution in [-0.2, 0) is 5.88 Å². The van der Waals surface area contributed by atoms with E-state index in [1.165, 1.54) is 12.1 Å². The Kier molecular flexibility index (Phi) is 3.09. The monoisotopic (exact) mass is 276 g/mol. The Morgan fingerprint density at radius 3 is 2.68 bits per heavy atom. The average molecular weight is 277 g/mol. The maximum Gasteiger partial charge on any atom is 0.242 e. The van der Waals surface area contributed by atoms with Crippen molar-refractivity contribution in [3.05, 3.63) is 60.2 Å². The summed E-state index contributed by atoms with van der Waals surface area (Å²) in [6, 6.07) is 11.4. The first kappa shape index (κ1) is 12.0. The van der Waals surface area contributed by atoms with Gasteiger partial charge >= 0.3 is 0 Å². The predicted octanol–water partition coefficient (Wildman–Crippen LogP) is 4.00. The molecule has 0 fully saturated rings. The molecule has 0 spiro atoms. The van der Waals surface area contributed by atoms with E-state index in [4.69, 9.17) is 16.3 Å². The van der Waals surface area contributed by atoms with Crippen LogP contribution >= 0.6 is 11.6 Å². The van der Waals surface area contributed by atoms with Gasteiger partial charge in [0.25, 0.3) is 0 Å². The fraction of sp³-hybridized carbons (Fsp3) is 0.0714. The van der Waals surface area contributed by atoms with E-state index in [0.29, 0.717) is 11.6 Å². The summed E-state index contributed by atoms with van der Waals surface area (Å²) < 4.78 is 20.4. The van der Waals surface area contributed by atoms with Gasteiger partial charge in [-0.25, -0.2) is 4.39 Å². The molecule has 19 heavy (non-hydrogen) atoms. The Bertz CT molecular complexity index is 709. The van der Waals surface area contributed by atoms with Gasteiger partial charge in [-0.1, -0.05) is 6.07 Å². The van der Waals surface area contributed by atoms with Crippen molar-refractivity contribution in [1.82, 2.24) is 9.38 Å². The first-order valence-corrected chi connectivity index (χ1v) is 6.27. The summed E-state index contributed by atoms with van der Waals surface area (Å²) in [5.41, 5.74) is 1.52. The van der Waals surface area contributed by atoms with Gasteiger partial charge in [0.1, 0.15) is 22.9 Å². The molecule has 0 aliphatic carbocycles. The maximum absolute atomic E-state index is 12.8. The van der Waals surface area contributed by atoms with Gasteiger partial charge in [-0.3, -0.25) is 4.40 Å². The number of benzene rings is 1. The standard InChI is InChI=1S/C14H10ClFN2O/c15-9-12-14(17-13-3-1-2-8-18(12)13)19-11-6-4-10(16)5-7-11/h1-8H,9H2. The van der Waals surface area contributed by atoms with E-state index in [0.717, 1.165) is 11.3 Å². The molecule has 3 rings (SSSR count). The zero-order valence-corrected chi connectivity index (χ0v) is 10.6. The summed E-state index contributed by atoms with van der Waals surface area (Å²) >= 11 is 5.94. The fourth-order valence-corrected chi connectivity index (χ4v) is 2.09. The minimum absolute atomic E-state index is 0.279. The number of hydrogen-bond donors (Lipinski definition) is 0. The number of pyridine rings is 1. The van der Waals surface area contributed by atoms with Crippen LogP contribution in [0.4, 0.5) is 4.39 Å². The SMILES string of the molecule is Fc1ccc(Oc2nc3ccccn3c2CCl)cc1. The second-order valence-corrected chi connectivity index (χ2v) is 4.25. The quantitative estimate of drug-likeness (QED) is 0.676. The number of aromatic nitrogens is 2. The number of rotatable bonds is 3. The molecule has 0 N–H and O–H groups in total. The number of ether oxygens (including phenoxy) is 1. The van der Waals surface area contributed by atoms with Crippen LogP contribution in [-0.4, -0.2) is 9.38 Å². The van der Waals surface area contributed by atoms with Gasteiger partial charge in [-0.05, 0) is 36.4 Å². The number of hydrogen-bond acceptors (Lipinski definition) is 2. The molecule has 2 heterocycles. The number of nitrogens with zero attached hydrogens (tertiary/aromatic N) is 2. The summed E-state index contributed by atoms with van der Waals surface area (Å²) in [6.45, 7) is 0. The lowest BCUT2D eigenvalue weighted by Gasteiger charge is -2.04. The van der Waals surface area contributed by atoms with E-state index in [2.05, 4.69) is 4.98 Å². The molecule has 3 aromatic rings. The third-order valence-corrected chi connectivity index (χ3v) is 3.00. The Morgan fingerprint density at radius 2 is 1.95 bits per heavy atom. The molecule has 0 aliphatic heterocycles. The third-order valence-electron chi connectivity index (χ3n) is 2.75. The van der Waals surface area contributed by atoms with E-state index in [1.54, 1.807) is 12.1 Å². The summed E-state index contributed by atoms with van der Waals surface area (Å²) in [5.74, 6) is 0.936. The van der Waals surface area contributed by atoms with Gasteiger partial charge in [-0.15, -0.1) is 11.6 Å². The molecule has 2 aromatic heterocycles. The molecule has 0 amide bonds. The molecule has 0 unspecified atom stereocenters. The molecule has 1 aromatic carbocycles. The van der Waals surface area contributed by atoms with Crippen molar-refractivity contribution in [3.8, 4) is 11.6 Å². The zero-order chi connectivity index (χ0) is 13.2. The van der Waals surface area contributed by atoms with Crippen LogP contribution in [0.25, 0.3) is 5.65 Å². The van der Waals surface area contributed by atoms with Crippen molar-refractivity contribution in [2.75, 3.05) is 0 Å². The molecule has 3 nitrogen and oxygen atoms in total. The van der Waals surface area contributed by atoms with E-state index < -0.39 is 0 Å². The average Bonchev–Trinajstić information content (AvgIpc) is 2.78. The lowest BCUT2D eigenvalue weighted by Crippen LogP contribution is -1.92. The maximum atomic E-state index is 12.8. The Hall–Kier alpha value is -2.07. The number of alkyl halides is 1. The van der Waals surface area contributed by atoms with Crippen LogP contribution in [0.3, 0.4) is 0 Å². The largest absolute Gasteiger partial charge is 0.437 e. The minimum atomic E-state index is -0.306. The van der Waals surface area contributed by atoms with Crippen molar-refractivity contribution >= 4 is 17.2 Å². The molecular formula is C14H10ClFN2O. The highest BCUT2D eigenvalue weighted by Gasteiger charge is 2.12. The normalized spacial score (nSPS) is 10.8. The number of fused-ring (bicyclic) bond motifs is 1. The van der Waals surface area contributed by atoms with Crippen molar-refractivity contribution in [2.45, 2.75) is 5.88 Å². The van der Waals surface area contributed by atoms with Gasteiger partial charge in [0.2, 0.25) is 5.88 Å². The van der Waals surface area contributed by atoms with Gasteiger partial charge in [0, 0.05) is 6.20 Å². The van der Waals surface area contributed by atoms with E-state index in [9.17, 15) is 4.39 Å². The second-order valence-electron chi connectivity index (χ2n) is 3.98. The highest BCUT2D eigenvalue weighted by atomic mass is 35.5. The van der Waals surface area contributed by atoms with Crippen LogP contribution in [0.1, 0.15) is 5.69 Å². The van der Waals surface area contributed by atoms with Crippen molar-refractivity contribution in [2.24, 2.45) is 0 Å². The minimum Gasteiger partial charge on any atom is -0.437 e. The van der Waals surface area contributed by atoms with Gasteiger partial charge in [0.05, 0.1) is 5.88 Å². The molecule has 0 aliphatic rings. The molecule has 0 radical (unpaired) electrons. The van der Waals surface area contributed by atoms with Crippen molar-refractivity contribution in [3.63, 3.8) is 0 Å². The third kappa shape index (κ3) is 2.27. The van der Waals surface area contributed by atoms with Crippen LogP contribution in [0.15, 0.2) is 48.7 Å². The second kappa shape index (κ2) is 4.90. The summed E-state index contributed by atoms with van der Waals surface area (Å²) in [5, 5.41) is 0. The van der Waals surface area contributed by atoms with Gasteiger partial charge in [-0.2, -0.15) is 4.98 Å². The Balaban J connectivity index is 2.02. The molecule has 0 saturated carbocycles. The number of imidazole rings is 1. The molecule has 96 valence electrons. The van der Waals surface area contributed by atoms with Gasteiger partial charge < -0.3 is 4.74 Å². The van der Waals surface area contributed by atoms with Gasteiger partial charge in [0.15, 0.2) is 0 Å². The van der Waals surface area contributed by atoms with Crippen LogP contribution in [0, 0.1) is 5.82 Å². The Labute approximate surface area is 114 Å². The molecule has 5 heteroatoms. The number of halogens is 2. The molecule has 0 saturated heterocycles. The van der Waals surface area contributed by atoms with E-state index in [-0.39, 0.29) is 11.7 Å². The molecule has 0 bridgehead atoms. The topological polar surface area (TPSA) is 26.5 Å². The summed E-state index contributed by atoms with van der Waals surface area (Å²) in [7, 11) is 0. The Morgan fingerprint density at radius 1 is 1.16 bits per heavy atom. The molecular weight excluding hydrogens is 267 g/mol. The van der Waals surface area contributed by atoms with Crippen molar-refractivity contribution in [1.29, 1.82) is 0 Å². The lowest BCUT2D eigenvalue weighted by molar-refractivity contribution is 0.460. The van der Waals surface area contributed by atoms with E-state index >= 15 is 0 Å². The summed E-state index contributed by atoms with van der Waals surface area (Å²) in [4.78, 5) is 4.36. The first-order chi connectivity index (χ1) is 9.28. The first-order valence-electron chi connectivity index (χ1n) is 5.73. The van der Waals surface area contributed by atoms with Crippen LogP contribution in [0.2, 0.25) is 0 Å². The fourth-order valence-electron chi connectivity index (χ4n) is 1.84. The predicted molar refractivity (Wildman–Crippen MR) is 71.2 cm³/mol. The van der Waals surface area contributed by atoms with E-state index in [1.807, 2.05) is 28.8 Å². The lowest BCUT2D eigenvalue weighted by atomic mass is 10.3. The zero-order valence-electron chi connectivity index (χ0n) is 9.88. The van der Waals surface area contributed by atoms with Crippen LogP contribution < -0.4 is 4.74 Å². The highest BCUT2D eigenvalue weighted by Crippen LogP contribution is 2.27. The summed E-state index contributed by atoms with van der Waals surface area (Å²) in [6.07, 6.45) is 1.87. The molecule has 0 atom stereocenters.